The van der Waals surface area contributed by atoms with Gasteiger partial charge in [0, 0.05) is 12.6 Å². The highest BCUT2D eigenvalue weighted by molar-refractivity contribution is 7.89. The number of hydrogen-bond donors (Lipinski definition) is 3. The van der Waals surface area contributed by atoms with Crippen LogP contribution in [-0.4, -0.2) is 31.2 Å². The van der Waals surface area contributed by atoms with Crippen molar-refractivity contribution in [3.05, 3.63) is 12.3 Å². The van der Waals surface area contributed by atoms with Crippen molar-refractivity contribution in [1.82, 2.24) is 14.9 Å². The van der Waals surface area contributed by atoms with Gasteiger partial charge in [-0.15, -0.1) is 0 Å². The third kappa shape index (κ3) is 3.92. The van der Waals surface area contributed by atoms with Gasteiger partial charge in [-0.25, -0.2) is 13.1 Å². The molecule has 4 N–H and O–H groups in total. The lowest BCUT2D eigenvalue weighted by molar-refractivity contribution is 0.485. The van der Waals surface area contributed by atoms with Crippen LogP contribution in [0.3, 0.4) is 0 Å². The summed E-state index contributed by atoms with van der Waals surface area (Å²) in [6, 6.07) is 1.23. The molecule has 1 heterocycles. The van der Waals surface area contributed by atoms with E-state index in [4.69, 9.17) is 5.73 Å². The number of nitrogens with zero attached hydrogens (tertiary/aromatic N) is 1. The van der Waals surface area contributed by atoms with Crippen LogP contribution in [0.5, 0.6) is 0 Å². The third-order valence-electron chi connectivity index (χ3n) is 2.07. The van der Waals surface area contributed by atoms with Gasteiger partial charge in [0.2, 0.25) is 0 Å². The van der Waals surface area contributed by atoms with Crippen molar-refractivity contribution in [2.24, 2.45) is 11.7 Å². The number of nitrogens with one attached hydrogen (secondary N) is 2. The Morgan fingerprint density at radius 1 is 1.56 bits per heavy atom. The Morgan fingerprint density at radius 3 is 2.75 bits per heavy atom. The van der Waals surface area contributed by atoms with Gasteiger partial charge in [-0.1, -0.05) is 13.8 Å². The number of aromatic amines is 1. The van der Waals surface area contributed by atoms with Gasteiger partial charge in [0.25, 0.3) is 10.0 Å². The molecule has 0 spiro atoms. The Labute approximate surface area is 95.7 Å². The van der Waals surface area contributed by atoms with Gasteiger partial charge in [0.05, 0.1) is 6.20 Å². The molecule has 0 amide bonds. The van der Waals surface area contributed by atoms with E-state index in [-0.39, 0.29) is 17.6 Å². The van der Waals surface area contributed by atoms with E-state index in [9.17, 15) is 8.42 Å². The van der Waals surface area contributed by atoms with Crippen molar-refractivity contribution in [1.29, 1.82) is 0 Å². The van der Waals surface area contributed by atoms with Crippen LogP contribution in [0.1, 0.15) is 20.3 Å². The minimum atomic E-state index is -3.50. The van der Waals surface area contributed by atoms with Gasteiger partial charge in [-0.2, -0.15) is 5.10 Å². The summed E-state index contributed by atoms with van der Waals surface area (Å²) < 4.78 is 25.7. The van der Waals surface area contributed by atoms with Crippen LogP contribution in [0.25, 0.3) is 0 Å². The Hall–Kier alpha value is -0.920. The topological polar surface area (TPSA) is 101 Å². The Balaban J connectivity index is 2.49. The van der Waals surface area contributed by atoms with Gasteiger partial charge >= 0.3 is 0 Å². The monoisotopic (exact) mass is 246 g/mol. The minimum absolute atomic E-state index is 0.0595. The van der Waals surface area contributed by atoms with E-state index in [2.05, 4.69) is 14.9 Å². The SMILES string of the molecule is CC(C)CC(N)CNS(=O)(=O)c1ccn[nH]1. The van der Waals surface area contributed by atoms with Crippen molar-refractivity contribution >= 4 is 10.0 Å². The predicted octanol–water partition coefficient (Wildman–Crippen LogP) is 0.0614. The second-order valence-corrected chi connectivity index (χ2v) is 5.90. The van der Waals surface area contributed by atoms with Crippen LogP contribution in [-0.2, 0) is 10.0 Å². The van der Waals surface area contributed by atoms with Crippen molar-refractivity contribution < 1.29 is 8.42 Å². The van der Waals surface area contributed by atoms with Crippen LogP contribution >= 0.6 is 0 Å². The van der Waals surface area contributed by atoms with E-state index in [0.29, 0.717) is 5.92 Å². The third-order valence-corrected chi connectivity index (χ3v) is 3.43. The second kappa shape index (κ2) is 5.42. The molecule has 1 aromatic heterocycles. The number of H-pyrrole nitrogens is 1. The summed E-state index contributed by atoms with van der Waals surface area (Å²) in [6.45, 7) is 4.33. The average Bonchev–Trinajstić information content (AvgIpc) is 2.67. The lowest BCUT2D eigenvalue weighted by atomic mass is 10.1. The van der Waals surface area contributed by atoms with E-state index >= 15 is 0 Å². The molecule has 1 rings (SSSR count). The summed E-state index contributed by atoms with van der Waals surface area (Å²) >= 11 is 0. The highest BCUT2D eigenvalue weighted by atomic mass is 32.2. The van der Waals surface area contributed by atoms with E-state index in [1.165, 1.54) is 12.3 Å². The van der Waals surface area contributed by atoms with Gasteiger partial charge in [0.1, 0.15) is 0 Å². The van der Waals surface area contributed by atoms with E-state index in [1.807, 2.05) is 13.8 Å². The fraction of sp³-hybridized carbons (Fsp3) is 0.667. The molecule has 0 saturated heterocycles. The molecular weight excluding hydrogens is 228 g/mol. The maximum absolute atomic E-state index is 11.6. The zero-order chi connectivity index (χ0) is 12.2. The lowest BCUT2D eigenvalue weighted by Crippen LogP contribution is -2.38. The molecule has 0 saturated carbocycles. The molecule has 0 aliphatic rings. The average molecular weight is 246 g/mol. The first-order valence-corrected chi connectivity index (χ1v) is 6.64. The van der Waals surface area contributed by atoms with Crippen LogP contribution in [0.4, 0.5) is 0 Å². The highest BCUT2D eigenvalue weighted by Crippen LogP contribution is 2.05. The van der Waals surface area contributed by atoms with Crippen molar-refractivity contribution in [3.8, 4) is 0 Å². The quantitative estimate of drug-likeness (QED) is 0.660. The highest BCUT2D eigenvalue weighted by Gasteiger charge is 2.16. The molecule has 0 aliphatic carbocycles. The zero-order valence-corrected chi connectivity index (χ0v) is 10.3. The maximum atomic E-state index is 11.6. The van der Waals surface area contributed by atoms with Crippen LogP contribution < -0.4 is 10.5 Å². The summed E-state index contributed by atoms with van der Waals surface area (Å²) in [5, 5.41) is 6.05. The molecule has 1 aromatic rings. The molecule has 0 aliphatic heterocycles. The van der Waals surface area contributed by atoms with E-state index in [1.54, 1.807) is 0 Å². The number of hydrogen-bond acceptors (Lipinski definition) is 4. The Morgan fingerprint density at radius 2 is 2.25 bits per heavy atom. The second-order valence-electron chi connectivity index (χ2n) is 4.16. The molecule has 92 valence electrons. The largest absolute Gasteiger partial charge is 0.327 e. The number of sulfonamides is 1. The summed E-state index contributed by atoms with van der Waals surface area (Å²) in [7, 11) is -3.50. The number of nitrogens with two attached hydrogens (primary N) is 1. The molecule has 0 aromatic carbocycles. The van der Waals surface area contributed by atoms with Crippen LogP contribution in [0.2, 0.25) is 0 Å². The summed E-state index contributed by atoms with van der Waals surface area (Å²) in [6.07, 6.45) is 2.17. The molecule has 1 atom stereocenters. The van der Waals surface area contributed by atoms with Crippen molar-refractivity contribution in [2.45, 2.75) is 31.3 Å². The standard InChI is InChI=1S/C9H18N4O2S/c1-7(2)5-8(10)6-12-16(14,15)9-3-4-11-13-9/h3-4,7-8,12H,5-6,10H2,1-2H3,(H,11,13). The first kappa shape index (κ1) is 13.1. The molecule has 0 bridgehead atoms. The van der Waals surface area contributed by atoms with Gasteiger partial charge in [-0.3, -0.25) is 5.10 Å². The van der Waals surface area contributed by atoms with Gasteiger partial charge in [-0.05, 0) is 18.4 Å². The normalized spacial score (nSPS) is 14.2. The zero-order valence-electron chi connectivity index (χ0n) is 9.47. The molecule has 0 radical (unpaired) electrons. The fourth-order valence-electron chi connectivity index (χ4n) is 1.38. The molecule has 1 unspecified atom stereocenters. The summed E-state index contributed by atoms with van der Waals surface area (Å²) in [5.74, 6) is 0.451. The summed E-state index contributed by atoms with van der Waals surface area (Å²) in [5.41, 5.74) is 5.78. The summed E-state index contributed by atoms with van der Waals surface area (Å²) in [4.78, 5) is 0. The van der Waals surface area contributed by atoms with Crippen LogP contribution in [0, 0.1) is 5.92 Å². The van der Waals surface area contributed by atoms with E-state index in [0.717, 1.165) is 6.42 Å². The maximum Gasteiger partial charge on any atom is 0.257 e. The van der Waals surface area contributed by atoms with Crippen LogP contribution in [0.15, 0.2) is 17.3 Å². The van der Waals surface area contributed by atoms with Gasteiger partial charge in [0.15, 0.2) is 5.03 Å². The molecular formula is C9H18N4O2S. The Kier molecular flexibility index (Phi) is 4.45. The molecule has 16 heavy (non-hydrogen) atoms. The first-order valence-electron chi connectivity index (χ1n) is 5.16. The first-order chi connectivity index (χ1) is 7.42. The molecule has 6 nitrogen and oxygen atoms in total. The molecule has 0 fully saturated rings. The number of aromatic nitrogens is 2. The lowest BCUT2D eigenvalue weighted by Gasteiger charge is -2.14. The molecule has 7 heteroatoms. The predicted molar refractivity (Wildman–Crippen MR) is 61.2 cm³/mol. The smallest absolute Gasteiger partial charge is 0.257 e. The van der Waals surface area contributed by atoms with Crippen molar-refractivity contribution in [2.75, 3.05) is 6.54 Å². The van der Waals surface area contributed by atoms with Crippen molar-refractivity contribution in [3.63, 3.8) is 0 Å². The van der Waals surface area contributed by atoms with Gasteiger partial charge < -0.3 is 5.73 Å². The van der Waals surface area contributed by atoms with E-state index < -0.39 is 10.0 Å². The minimum Gasteiger partial charge on any atom is -0.327 e. The fourth-order valence-corrected chi connectivity index (χ4v) is 2.38. The number of rotatable bonds is 6. The Bertz CT molecular complexity index is 399.